The monoisotopic (exact) mass is 458 g/mol. The average molecular weight is 459 g/mol. The number of carbonyl (C=O) groups excluding carboxylic acids is 1. The van der Waals surface area contributed by atoms with Gasteiger partial charge in [0.2, 0.25) is 5.91 Å². The minimum absolute atomic E-state index is 0.0631. The number of likely N-dealkylation sites (tertiary alicyclic amines) is 2. The summed E-state index contributed by atoms with van der Waals surface area (Å²) in [7, 11) is 4.88. The highest BCUT2D eigenvalue weighted by atomic mass is 35.5. The Bertz CT molecular complexity index is 936. The lowest BCUT2D eigenvalue weighted by molar-refractivity contribution is -0.137. The van der Waals surface area contributed by atoms with E-state index in [0.717, 1.165) is 49.1 Å². The van der Waals surface area contributed by atoms with E-state index in [9.17, 15) is 4.79 Å². The SMILES string of the molecule is COCC(=O)N1CC[C@@H]2[C@H](C1)[C@@H](c1ccc(OC)c(OC)c1)CN2Cc1ccc(Cl)cc1. The van der Waals surface area contributed by atoms with Crippen LogP contribution in [0.5, 0.6) is 11.5 Å². The predicted molar refractivity (Wildman–Crippen MR) is 125 cm³/mol. The quantitative estimate of drug-likeness (QED) is 0.631. The third-order valence-electron chi connectivity index (χ3n) is 6.79. The smallest absolute Gasteiger partial charge is 0.248 e. The first-order valence-electron chi connectivity index (χ1n) is 11.0. The Labute approximate surface area is 195 Å². The van der Waals surface area contributed by atoms with Crippen LogP contribution in [0.2, 0.25) is 5.02 Å². The predicted octanol–water partition coefficient (Wildman–Crippen LogP) is 3.82. The van der Waals surface area contributed by atoms with Gasteiger partial charge >= 0.3 is 0 Å². The van der Waals surface area contributed by atoms with Crippen LogP contribution in [0.25, 0.3) is 0 Å². The summed E-state index contributed by atoms with van der Waals surface area (Å²) < 4.78 is 16.1. The molecule has 0 bridgehead atoms. The zero-order valence-corrected chi connectivity index (χ0v) is 19.7. The maximum atomic E-state index is 12.6. The van der Waals surface area contributed by atoms with Crippen LogP contribution in [0.15, 0.2) is 42.5 Å². The second-order valence-electron chi connectivity index (χ2n) is 8.57. The van der Waals surface area contributed by atoms with Gasteiger partial charge in [0.05, 0.1) is 14.2 Å². The van der Waals surface area contributed by atoms with E-state index in [2.05, 4.69) is 29.2 Å². The number of hydrogen-bond acceptors (Lipinski definition) is 5. The van der Waals surface area contributed by atoms with E-state index < -0.39 is 0 Å². The summed E-state index contributed by atoms with van der Waals surface area (Å²) in [6, 6.07) is 14.7. The molecule has 2 fully saturated rings. The molecule has 0 N–H and O–H groups in total. The lowest BCUT2D eigenvalue weighted by atomic mass is 9.81. The van der Waals surface area contributed by atoms with E-state index in [-0.39, 0.29) is 12.5 Å². The number of halogens is 1. The molecule has 32 heavy (non-hydrogen) atoms. The highest BCUT2D eigenvalue weighted by molar-refractivity contribution is 6.30. The summed E-state index contributed by atoms with van der Waals surface area (Å²) in [5, 5.41) is 0.751. The van der Waals surface area contributed by atoms with Crippen molar-refractivity contribution in [3.05, 3.63) is 58.6 Å². The fourth-order valence-corrected chi connectivity index (χ4v) is 5.35. The lowest BCUT2D eigenvalue weighted by Crippen LogP contribution is -2.49. The molecule has 0 radical (unpaired) electrons. The normalized spacial score (nSPS) is 23.1. The minimum Gasteiger partial charge on any atom is -0.493 e. The summed E-state index contributed by atoms with van der Waals surface area (Å²) in [6.07, 6.45) is 0.956. The lowest BCUT2D eigenvalue weighted by Gasteiger charge is -2.39. The number of rotatable bonds is 7. The first-order chi connectivity index (χ1) is 15.5. The molecule has 2 saturated heterocycles. The van der Waals surface area contributed by atoms with Gasteiger partial charge in [0, 0.05) is 56.2 Å². The summed E-state index contributed by atoms with van der Waals surface area (Å²) in [5.41, 5.74) is 2.47. The van der Waals surface area contributed by atoms with Crippen molar-refractivity contribution < 1.29 is 19.0 Å². The number of piperidine rings is 1. The van der Waals surface area contributed by atoms with Crippen LogP contribution in [0.1, 0.15) is 23.5 Å². The molecule has 2 aliphatic rings. The van der Waals surface area contributed by atoms with Crippen LogP contribution in [0, 0.1) is 5.92 Å². The maximum Gasteiger partial charge on any atom is 0.248 e. The van der Waals surface area contributed by atoms with E-state index in [0.29, 0.717) is 17.9 Å². The Morgan fingerprint density at radius 2 is 1.78 bits per heavy atom. The Hall–Kier alpha value is -2.28. The van der Waals surface area contributed by atoms with Crippen molar-refractivity contribution in [2.45, 2.75) is 24.9 Å². The fraction of sp³-hybridized carbons (Fsp3) is 0.480. The third-order valence-corrected chi connectivity index (χ3v) is 7.04. The first kappa shape index (κ1) is 22.9. The van der Waals surface area contributed by atoms with Gasteiger partial charge in [0.25, 0.3) is 0 Å². The standard InChI is InChI=1S/C25H31ClN2O4/c1-30-16-25(29)27-11-10-22-21(15-27)20(18-6-9-23(31-2)24(12-18)32-3)14-28(22)13-17-4-7-19(26)8-5-17/h4-9,12,20-22H,10-11,13-16H2,1-3H3/t20-,21-,22-/m1/s1. The molecular formula is C25H31ClN2O4. The number of methoxy groups -OCH3 is 3. The van der Waals surface area contributed by atoms with Gasteiger partial charge in [0.15, 0.2) is 11.5 Å². The number of carbonyl (C=O) groups is 1. The van der Waals surface area contributed by atoms with Crippen LogP contribution >= 0.6 is 11.6 Å². The maximum absolute atomic E-state index is 12.6. The molecule has 6 nitrogen and oxygen atoms in total. The molecule has 0 unspecified atom stereocenters. The van der Waals surface area contributed by atoms with Crippen molar-refractivity contribution in [1.29, 1.82) is 0 Å². The summed E-state index contributed by atoms with van der Waals surface area (Å²) in [6.45, 7) is 3.43. The Morgan fingerprint density at radius 1 is 1.03 bits per heavy atom. The molecule has 0 aromatic heterocycles. The van der Waals surface area contributed by atoms with E-state index >= 15 is 0 Å². The largest absolute Gasteiger partial charge is 0.493 e. The molecule has 172 valence electrons. The van der Waals surface area contributed by atoms with Crippen LogP contribution in [-0.4, -0.2) is 69.3 Å². The zero-order chi connectivity index (χ0) is 22.7. The molecule has 0 spiro atoms. The highest BCUT2D eigenvalue weighted by Crippen LogP contribution is 2.44. The van der Waals surface area contributed by atoms with Gasteiger partial charge in [-0.3, -0.25) is 9.69 Å². The van der Waals surface area contributed by atoms with Crippen LogP contribution in [-0.2, 0) is 16.1 Å². The second kappa shape index (κ2) is 10.1. The van der Waals surface area contributed by atoms with Gasteiger partial charge in [-0.1, -0.05) is 29.8 Å². The van der Waals surface area contributed by atoms with Gasteiger partial charge in [-0.15, -0.1) is 0 Å². The molecule has 2 aromatic carbocycles. The van der Waals surface area contributed by atoms with Crippen LogP contribution in [0.3, 0.4) is 0 Å². The summed E-state index contributed by atoms with van der Waals surface area (Å²) in [4.78, 5) is 17.1. The molecule has 1 amide bonds. The second-order valence-corrected chi connectivity index (χ2v) is 9.01. The number of benzene rings is 2. The van der Waals surface area contributed by atoms with Gasteiger partial charge in [-0.25, -0.2) is 0 Å². The summed E-state index contributed by atoms with van der Waals surface area (Å²) >= 11 is 6.08. The number of nitrogens with zero attached hydrogens (tertiary/aromatic N) is 2. The van der Waals surface area contributed by atoms with Gasteiger partial charge in [-0.2, -0.15) is 0 Å². The van der Waals surface area contributed by atoms with Crippen molar-refractivity contribution in [3.63, 3.8) is 0 Å². The van der Waals surface area contributed by atoms with E-state index in [1.807, 2.05) is 23.1 Å². The third kappa shape index (κ3) is 4.72. The van der Waals surface area contributed by atoms with E-state index in [1.54, 1.807) is 21.3 Å². The minimum atomic E-state index is 0.0631. The van der Waals surface area contributed by atoms with Crippen LogP contribution < -0.4 is 9.47 Å². The average Bonchev–Trinajstić information content (AvgIpc) is 3.17. The summed E-state index contributed by atoms with van der Waals surface area (Å²) in [5.74, 6) is 2.17. The van der Waals surface area contributed by atoms with Gasteiger partial charge in [-0.05, 0) is 41.8 Å². The highest BCUT2D eigenvalue weighted by Gasteiger charge is 2.46. The molecule has 4 rings (SSSR count). The number of fused-ring (bicyclic) bond motifs is 1. The molecule has 0 saturated carbocycles. The van der Waals surface area contributed by atoms with Crippen molar-refractivity contribution in [1.82, 2.24) is 9.80 Å². The molecule has 7 heteroatoms. The van der Waals surface area contributed by atoms with Crippen molar-refractivity contribution in [3.8, 4) is 11.5 Å². The van der Waals surface area contributed by atoms with Crippen molar-refractivity contribution >= 4 is 17.5 Å². The molecular weight excluding hydrogens is 428 g/mol. The van der Waals surface area contributed by atoms with Crippen LogP contribution in [0.4, 0.5) is 0 Å². The van der Waals surface area contributed by atoms with E-state index in [1.165, 1.54) is 11.1 Å². The van der Waals surface area contributed by atoms with Gasteiger partial charge < -0.3 is 19.1 Å². The first-order valence-corrected chi connectivity index (χ1v) is 11.4. The van der Waals surface area contributed by atoms with Crippen molar-refractivity contribution in [2.75, 3.05) is 47.6 Å². The number of amides is 1. The van der Waals surface area contributed by atoms with Crippen molar-refractivity contribution in [2.24, 2.45) is 5.92 Å². The van der Waals surface area contributed by atoms with Gasteiger partial charge in [0.1, 0.15) is 6.61 Å². The molecule has 2 aromatic rings. The Morgan fingerprint density at radius 3 is 2.47 bits per heavy atom. The van der Waals surface area contributed by atoms with E-state index in [4.69, 9.17) is 25.8 Å². The molecule has 3 atom stereocenters. The number of ether oxygens (including phenoxy) is 3. The number of hydrogen-bond donors (Lipinski definition) is 0. The molecule has 2 heterocycles. The molecule has 0 aliphatic carbocycles. The Kier molecular flexibility index (Phi) is 7.23. The topological polar surface area (TPSA) is 51.2 Å². The Balaban J connectivity index is 1.61. The molecule has 2 aliphatic heterocycles. The zero-order valence-electron chi connectivity index (χ0n) is 18.9. The fourth-order valence-electron chi connectivity index (χ4n) is 5.23.